The molecule has 2 saturated heterocycles. The van der Waals surface area contributed by atoms with Crippen LogP contribution >= 0.6 is 8.38 Å². The molecule has 1 N–H and O–H groups in total. The van der Waals surface area contributed by atoms with E-state index in [9.17, 15) is 4.79 Å². The molecule has 140 valence electrons. The minimum atomic E-state index is -1.12. The van der Waals surface area contributed by atoms with E-state index in [2.05, 4.69) is 19.9 Å². The van der Waals surface area contributed by atoms with Crippen LogP contribution in [-0.4, -0.2) is 63.9 Å². The van der Waals surface area contributed by atoms with Crippen LogP contribution in [0.5, 0.6) is 0 Å². The second-order valence-corrected chi connectivity index (χ2v) is 7.55. The number of fused-ring (bicyclic) bond motifs is 3. The van der Waals surface area contributed by atoms with E-state index in [0.29, 0.717) is 5.65 Å². The highest BCUT2D eigenvalue weighted by Crippen LogP contribution is 2.51. The van der Waals surface area contributed by atoms with Crippen molar-refractivity contribution < 1.29 is 19.9 Å². The van der Waals surface area contributed by atoms with E-state index < -0.39 is 32.4 Å². The number of hydrogen-bond acceptors (Lipinski definition) is 8. The lowest BCUT2D eigenvalue weighted by Crippen LogP contribution is -2.37. The zero-order chi connectivity index (χ0) is 19.2. The number of aromatic amines is 1. The first-order valence-corrected chi connectivity index (χ1v) is 9.64. The molecule has 0 aromatic carbocycles. The Hall–Kier alpha value is -1.71. The van der Waals surface area contributed by atoms with Gasteiger partial charge in [-0.15, -0.1) is 0 Å². The summed E-state index contributed by atoms with van der Waals surface area (Å²) in [5.41, 5.74) is -0.761. The zero-order valence-corrected chi connectivity index (χ0v) is 15.5. The van der Waals surface area contributed by atoms with Crippen LogP contribution in [-0.2, 0) is 18.5 Å². The van der Waals surface area contributed by atoms with Gasteiger partial charge in [-0.3, -0.25) is 14.3 Å². The second kappa shape index (κ2) is 6.47. The molecule has 0 amide bonds. The predicted octanol–water partition coefficient (Wildman–Crippen LogP) is 1.50. The summed E-state index contributed by atoms with van der Waals surface area (Å²) in [5.74, 6) is 0.181. The average molecular weight is 382 g/mol. The van der Waals surface area contributed by atoms with Crippen LogP contribution in [0.25, 0.3) is 11.2 Å². The highest BCUT2D eigenvalue weighted by atomic mass is 31.2. The Morgan fingerprint density at radius 3 is 3.23 bits per heavy atom. The molecule has 0 aliphatic carbocycles. The molecule has 2 aliphatic heterocycles. The maximum Gasteiger partial charge on any atom is 0.280 e. The minimum Gasteiger partial charge on any atom is -0.368 e. The van der Waals surface area contributed by atoms with Gasteiger partial charge in [0, 0.05) is 21.4 Å². The van der Waals surface area contributed by atoms with Gasteiger partial charge in [-0.2, -0.15) is 4.98 Å². The highest BCUT2D eigenvalue weighted by molar-refractivity contribution is 7.46. The van der Waals surface area contributed by atoms with Crippen LogP contribution in [0.4, 0.5) is 5.95 Å². The fourth-order valence-electron chi connectivity index (χ4n) is 3.20. The molecule has 0 saturated carbocycles. The number of rotatable bonds is 5. The largest absolute Gasteiger partial charge is 0.368 e. The van der Waals surface area contributed by atoms with Crippen molar-refractivity contribution in [3.63, 3.8) is 0 Å². The van der Waals surface area contributed by atoms with E-state index >= 15 is 0 Å². The van der Waals surface area contributed by atoms with Crippen LogP contribution in [0.15, 0.2) is 16.1 Å². The van der Waals surface area contributed by atoms with Crippen molar-refractivity contribution in [2.75, 3.05) is 20.4 Å². The fraction of sp³-hybridized carbons (Fsp3) is 0.600. The lowest BCUT2D eigenvalue weighted by atomic mass is 10.0. The minimum absolute atomic E-state index is 0.0242. The number of aromatic nitrogens is 4. The molecule has 11 heteroatoms. The number of aliphatic imine (C=N–C) groups is 1. The molecule has 26 heavy (non-hydrogen) atoms. The van der Waals surface area contributed by atoms with Crippen molar-refractivity contribution in [3.8, 4) is 0 Å². The van der Waals surface area contributed by atoms with Crippen LogP contribution in [0.3, 0.4) is 0 Å². The summed E-state index contributed by atoms with van der Waals surface area (Å²) in [6.45, 7) is 3.81. The Bertz CT molecular complexity index is 935. The number of imidazole rings is 1. The van der Waals surface area contributed by atoms with E-state index in [-0.39, 0.29) is 30.5 Å². The van der Waals surface area contributed by atoms with Crippen molar-refractivity contribution in [1.29, 1.82) is 0 Å². The van der Waals surface area contributed by atoms with Gasteiger partial charge >= 0.3 is 0 Å². The first-order chi connectivity index (χ1) is 13.0. The lowest BCUT2D eigenvalue weighted by Gasteiger charge is -2.28. The van der Waals surface area contributed by atoms with E-state index in [4.69, 9.17) is 19.9 Å². The van der Waals surface area contributed by atoms with Gasteiger partial charge in [0.2, 0.25) is 5.95 Å². The zero-order valence-electron chi connectivity index (χ0n) is 15.6. The number of hydrogen-bond donors (Lipinski definition) is 1. The summed E-state index contributed by atoms with van der Waals surface area (Å²) in [5, 5.41) is 0. The Morgan fingerprint density at radius 2 is 2.50 bits per heavy atom. The van der Waals surface area contributed by atoms with Gasteiger partial charge in [-0.25, -0.2) is 9.98 Å². The third kappa shape index (κ3) is 2.69. The van der Waals surface area contributed by atoms with Gasteiger partial charge in [0.1, 0.15) is 17.8 Å². The molecule has 2 aliphatic rings. The highest BCUT2D eigenvalue weighted by Gasteiger charge is 2.61. The summed E-state index contributed by atoms with van der Waals surface area (Å²) >= 11 is 0. The molecule has 0 spiro atoms. The Kier molecular flexibility index (Phi) is 4.10. The average Bonchev–Trinajstić information content (AvgIpc) is 3.32. The summed E-state index contributed by atoms with van der Waals surface area (Å²) < 4.78 is 33.0. The molecule has 4 heterocycles. The van der Waals surface area contributed by atoms with Gasteiger partial charge in [-0.05, 0) is 13.8 Å². The standard InChI is InChI=1S/C15H20N5O5P/c1-5-16-14-18-11-8(12(21)19-14)17-7-20(11)13-9-10(25-26(4)22-3)15(2,24-13)6-23-9/h5,7,9-10,13H,6H2,1-4H3,(H,18,19,21)/b16-5-/t9?,10-,13?,15?,26?/m1/s1/i2D. The van der Waals surface area contributed by atoms with E-state index in [1.54, 1.807) is 18.6 Å². The molecule has 4 unspecified atom stereocenters. The van der Waals surface area contributed by atoms with Crippen molar-refractivity contribution in [1.82, 2.24) is 19.5 Å². The van der Waals surface area contributed by atoms with E-state index in [1.807, 2.05) is 6.66 Å². The maximum atomic E-state index is 12.2. The van der Waals surface area contributed by atoms with Crippen LogP contribution in [0.1, 0.15) is 21.4 Å². The van der Waals surface area contributed by atoms with Crippen LogP contribution < -0.4 is 5.56 Å². The quantitative estimate of drug-likeness (QED) is 0.616. The lowest BCUT2D eigenvalue weighted by molar-refractivity contribution is -0.164. The first-order valence-electron chi connectivity index (χ1n) is 8.72. The van der Waals surface area contributed by atoms with Crippen molar-refractivity contribution in [2.45, 2.75) is 37.9 Å². The monoisotopic (exact) mass is 382 g/mol. The summed E-state index contributed by atoms with van der Waals surface area (Å²) in [6, 6.07) is 0. The SMILES string of the molecule is [2H]CC12COC(C(n3cnc4c(=O)[nH]c(/N=C\C)nc43)O1)[C@H]2OP(C)OC. The third-order valence-electron chi connectivity index (χ3n) is 4.44. The normalized spacial score (nSPS) is 32.6. The molecule has 0 radical (unpaired) electrons. The predicted molar refractivity (Wildman–Crippen MR) is 95.0 cm³/mol. The third-order valence-corrected chi connectivity index (χ3v) is 5.48. The number of H-pyrrole nitrogens is 1. The number of nitrogens with one attached hydrogen (secondary N) is 1. The second-order valence-electron chi connectivity index (χ2n) is 6.10. The smallest absolute Gasteiger partial charge is 0.280 e. The Balaban J connectivity index is 1.75. The topological polar surface area (TPSA) is 113 Å². The molecule has 2 aromatic rings. The molecular weight excluding hydrogens is 361 g/mol. The molecule has 2 fully saturated rings. The van der Waals surface area contributed by atoms with Crippen LogP contribution in [0, 0.1) is 0 Å². The van der Waals surface area contributed by atoms with Crippen LogP contribution in [0.2, 0.25) is 0 Å². The Morgan fingerprint density at radius 1 is 1.65 bits per heavy atom. The number of ether oxygens (including phenoxy) is 2. The van der Waals surface area contributed by atoms with Gasteiger partial charge in [0.25, 0.3) is 5.56 Å². The van der Waals surface area contributed by atoms with E-state index in [1.165, 1.54) is 12.5 Å². The van der Waals surface area contributed by atoms with Gasteiger partial charge < -0.3 is 18.5 Å². The van der Waals surface area contributed by atoms with E-state index in [0.717, 1.165) is 0 Å². The summed E-state index contributed by atoms with van der Waals surface area (Å²) in [6.07, 6.45) is 1.48. The Labute approximate surface area is 151 Å². The van der Waals surface area contributed by atoms with Crippen molar-refractivity contribution in [3.05, 3.63) is 16.7 Å². The first kappa shape index (κ1) is 16.5. The maximum absolute atomic E-state index is 12.2. The molecule has 2 aromatic heterocycles. The number of nitrogens with zero attached hydrogens (tertiary/aromatic N) is 4. The van der Waals surface area contributed by atoms with Gasteiger partial charge in [0.15, 0.2) is 25.8 Å². The summed E-state index contributed by atoms with van der Waals surface area (Å²) in [4.78, 5) is 27.4. The van der Waals surface area contributed by atoms with Gasteiger partial charge in [-0.1, -0.05) is 0 Å². The molecule has 2 bridgehead atoms. The van der Waals surface area contributed by atoms with Crippen molar-refractivity contribution >= 4 is 31.7 Å². The molecular formula is C15H20N5O5P. The molecule has 5 atom stereocenters. The summed E-state index contributed by atoms with van der Waals surface area (Å²) in [7, 11) is 0.449. The molecule has 10 nitrogen and oxygen atoms in total. The molecule has 4 rings (SSSR count). The fourth-order valence-corrected chi connectivity index (χ4v) is 3.92. The van der Waals surface area contributed by atoms with Crippen molar-refractivity contribution in [2.24, 2.45) is 4.99 Å². The van der Waals surface area contributed by atoms with Gasteiger partial charge in [0.05, 0.1) is 12.9 Å².